The fourth-order valence-corrected chi connectivity index (χ4v) is 2.40. The summed E-state index contributed by atoms with van der Waals surface area (Å²) in [6.45, 7) is 8.34. The van der Waals surface area contributed by atoms with Crippen LogP contribution in [0.25, 0.3) is 0 Å². The summed E-state index contributed by atoms with van der Waals surface area (Å²) in [7, 11) is 0. The maximum atomic E-state index is 12.0. The third kappa shape index (κ3) is 5.85. The Morgan fingerprint density at radius 1 is 1.29 bits per heavy atom. The molecule has 0 aliphatic rings. The Morgan fingerprint density at radius 2 is 1.90 bits per heavy atom. The lowest BCUT2D eigenvalue weighted by Crippen LogP contribution is -2.19. The monoisotopic (exact) mass is 293 g/mol. The first-order valence-corrected chi connectivity index (χ1v) is 6.94. The van der Waals surface area contributed by atoms with Crippen molar-refractivity contribution in [3.63, 3.8) is 0 Å². The number of carbonyl (C=O) groups is 2. The van der Waals surface area contributed by atoms with E-state index in [9.17, 15) is 14.7 Å². The van der Waals surface area contributed by atoms with Crippen molar-refractivity contribution >= 4 is 17.6 Å². The molecule has 1 amide bonds. The number of anilines is 1. The van der Waals surface area contributed by atoms with Crippen molar-refractivity contribution < 1.29 is 19.8 Å². The van der Waals surface area contributed by atoms with Crippen LogP contribution in [0.1, 0.15) is 50.9 Å². The van der Waals surface area contributed by atoms with Gasteiger partial charge in [-0.2, -0.15) is 0 Å². The quantitative estimate of drug-likeness (QED) is 0.725. The molecule has 1 aromatic carbocycles. The largest absolute Gasteiger partial charge is 0.506 e. The normalized spacial score (nSPS) is 12.8. The predicted molar refractivity (Wildman–Crippen MR) is 81.5 cm³/mol. The second-order valence-electron chi connectivity index (χ2n) is 6.66. The summed E-state index contributed by atoms with van der Waals surface area (Å²) in [4.78, 5) is 22.9. The third-order valence-corrected chi connectivity index (χ3v) is 3.01. The van der Waals surface area contributed by atoms with Crippen molar-refractivity contribution in [2.75, 3.05) is 5.32 Å². The number of rotatable bonds is 5. The maximum Gasteiger partial charge on any atom is 0.335 e. The highest BCUT2D eigenvalue weighted by atomic mass is 16.4. The molecule has 0 heterocycles. The van der Waals surface area contributed by atoms with Crippen LogP contribution in [0.5, 0.6) is 5.75 Å². The van der Waals surface area contributed by atoms with Gasteiger partial charge in [0.15, 0.2) is 0 Å². The number of benzene rings is 1. The van der Waals surface area contributed by atoms with E-state index in [-0.39, 0.29) is 34.2 Å². The maximum absolute atomic E-state index is 12.0. The molecule has 0 spiro atoms. The Kier molecular flexibility index (Phi) is 5.35. The van der Waals surface area contributed by atoms with Crippen molar-refractivity contribution in [1.82, 2.24) is 0 Å². The fraction of sp³-hybridized carbons (Fsp3) is 0.500. The molecule has 3 N–H and O–H groups in total. The number of carboxylic acid groups (broad SMARTS) is 1. The number of carboxylic acids is 1. The molecule has 0 saturated carbocycles. The van der Waals surface area contributed by atoms with E-state index < -0.39 is 5.97 Å². The zero-order valence-electron chi connectivity index (χ0n) is 12.9. The summed E-state index contributed by atoms with van der Waals surface area (Å²) in [5, 5.41) is 21.2. The van der Waals surface area contributed by atoms with Crippen LogP contribution in [0.4, 0.5) is 5.69 Å². The lowest BCUT2D eigenvalue weighted by molar-refractivity contribution is -0.117. The van der Waals surface area contributed by atoms with Gasteiger partial charge in [-0.3, -0.25) is 4.79 Å². The van der Waals surface area contributed by atoms with E-state index in [0.29, 0.717) is 6.42 Å². The van der Waals surface area contributed by atoms with E-state index in [0.717, 1.165) is 6.42 Å². The van der Waals surface area contributed by atoms with E-state index in [1.165, 1.54) is 18.2 Å². The molecule has 1 atom stereocenters. The summed E-state index contributed by atoms with van der Waals surface area (Å²) in [6.07, 6.45) is 1.23. The molecule has 0 saturated heterocycles. The van der Waals surface area contributed by atoms with Gasteiger partial charge in [0, 0.05) is 6.42 Å². The Balaban J connectivity index is 2.71. The molecule has 0 aliphatic carbocycles. The van der Waals surface area contributed by atoms with E-state index in [2.05, 4.69) is 26.1 Å². The first-order chi connectivity index (χ1) is 9.58. The van der Waals surface area contributed by atoms with Crippen LogP contribution in [0.2, 0.25) is 0 Å². The number of hydrogen-bond acceptors (Lipinski definition) is 3. The highest BCUT2D eigenvalue weighted by Crippen LogP contribution is 2.28. The summed E-state index contributed by atoms with van der Waals surface area (Å²) >= 11 is 0. The van der Waals surface area contributed by atoms with Crippen molar-refractivity contribution in [3.05, 3.63) is 23.8 Å². The number of aromatic carboxylic acids is 1. The molecule has 0 fully saturated rings. The molecule has 5 nitrogen and oxygen atoms in total. The molecule has 0 radical (unpaired) electrons. The predicted octanol–water partition coefficient (Wildman–Crippen LogP) is 3.49. The number of nitrogens with one attached hydrogen (secondary N) is 1. The molecule has 0 bridgehead atoms. The second-order valence-corrected chi connectivity index (χ2v) is 6.66. The number of phenols is 1. The van der Waals surface area contributed by atoms with Gasteiger partial charge in [-0.1, -0.05) is 27.7 Å². The number of carbonyl (C=O) groups excluding carboxylic acids is 1. The molecular weight excluding hydrogens is 270 g/mol. The minimum atomic E-state index is -1.11. The van der Waals surface area contributed by atoms with E-state index in [4.69, 9.17) is 5.11 Å². The van der Waals surface area contributed by atoms with Crippen LogP contribution in [0.3, 0.4) is 0 Å². The smallest absolute Gasteiger partial charge is 0.335 e. The number of phenolic OH excluding ortho intramolecular Hbond substituents is 1. The van der Waals surface area contributed by atoms with Gasteiger partial charge in [0.1, 0.15) is 5.75 Å². The Hall–Kier alpha value is -2.04. The molecule has 1 unspecified atom stereocenters. The minimum Gasteiger partial charge on any atom is -0.506 e. The first-order valence-electron chi connectivity index (χ1n) is 6.94. The molecule has 0 aromatic heterocycles. The summed E-state index contributed by atoms with van der Waals surface area (Å²) < 4.78 is 0. The van der Waals surface area contributed by atoms with Crippen molar-refractivity contribution in [1.29, 1.82) is 0 Å². The molecule has 1 rings (SSSR count). The van der Waals surface area contributed by atoms with Gasteiger partial charge in [0.05, 0.1) is 11.3 Å². The second kappa shape index (κ2) is 6.61. The summed E-state index contributed by atoms with van der Waals surface area (Å²) in [5.74, 6) is -1.28. The van der Waals surface area contributed by atoms with Gasteiger partial charge in [0.25, 0.3) is 0 Å². The van der Waals surface area contributed by atoms with E-state index in [1.807, 2.05) is 6.92 Å². The fourth-order valence-electron chi connectivity index (χ4n) is 2.40. The van der Waals surface area contributed by atoms with Gasteiger partial charge in [-0.15, -0.1) is 0 Å². The average molecular weight is 293 g/mol. The molecule has 5 heteroatoms. The van der Waals surface area contributed by atoms with Crippen LogP contribution in [0, 0.1) is 11.3 Å². The number of hydrogen-bond donors (Lipinski definition) is 3. The van der Waals surface area contributed by atoms with Crippen molar-refractivity contribution in [2.45, 2.75) is 40.5 Å². The Morgan fingerprint density at radius 3 is 2.43 bits per heavy atom. The lowest BCUT2D eigenvalue weighted by Gasteiger charge is -2.22. The molecule has 21 heavy (non-hydrogen) atoms. The topological polar surface area (TPSA) is 86.6 Å². The van der Waals surface area contributed by atoms with Gasteiger partial charge in [0.2, 0.25) is 5.91 Å². The van der Waals surface area contributed by atoms with Gasteiger partial charge in [-0.05, 0) is 36.0 Å². The van der Waals surface area contributed by atoms with Crippen LogP contribution in [-0.4, -0.2) is 22.1 Å². The van der Waals surface area contributed by atoms with Gasteiger partial charge < -0.3 is 15.5 Å². The first kappa shape index (κ1) is 17.0. The zero-order valence-corrected chi connectivity index (χ0v) is 12.9. The zero-order chi connectivity index (χ0) is 16.2. The van der Waals surface area contributed by atoms with Crippen molar-refractivity contribution in [3.8, 4) is 5.75 Å². The van der Waals surface area contributed by atoms with Crippen LogP contribution in [0.15, 0.2) is 18.2 Å². The molecule has 0 aliphatic heterocycles. The average Bonchev–Trinajstić information content (AvgIpc) is 2.28. The Labute approximate surface area is 125 Å². The van der Waals surface area contributed by atoms with Crippen molar-refractivity contribution in [2.24, 2.45) is 11.3 Å². The highest BCUT2D eigenvalue weighted by molar-refractivity contribution is 5.95. The highest BCUT2D eigenvalue weighted by Gasteiger charge is 2.18. The minimum absolute atomic E-state index is 0.0193. The van der Waals surface area contributed by atoms with E-state index >= 15 is 0 Å². The number of aromatic hydroxyl groups is 1. The molecule has 116 valence electrons. The number of amides is 1. The molecule has 1 aromatic rings. The Bertz CT molecular complexity index is 532. The standard InChI is InChI=1S/C16H23NO4/c1-10(9-16(2,3)4)7-14(19)17-12-8-11(15(20)21)5-6-13(12)18/h5-6,8,10,18H,7,9H2,1-4H3,(H,17,19)(H,20,21). The van der Waals surface area contributed by atoms with Gasteiger partial charge in [-0.25, -0.2) is 4.79 Å². The van der Waals surface area contributed by atoms with Crippen LogP contribution >= 0.6 is 0 Å². The van der Waals surface area contributed by atoms with Crippen LogP contribution in [-0.2, 0) is 4.79 Å². The summed E-state index contributed by atoms with van der Waals surface area (Å²) in [5.41, 5.74) is 0.291. The van der Waals surface area contributed by atoms with E-state index in [1.54, 1.807) is 0 Å². The molecular formula is C16H23NO4. The SMILES string of the molecule is CC(CC(=O)Nc1cc(C(=O)O)ccc1O)CC(C)(C)C. The summed E-state index contributed by atoms with van der Waals surface area (Å²) in [6, 6.07) is 3.80. The van der Waals surface area contributed by atoms with Gasteiger partial charge >= 0.3 is 5.97 Å². The van der Waals surface area contributed by atoms with Crippen LogP contribution < -0.4 is 5.32 Å². The lowest BCUT2D eigenvalue weighted by atomic mass is 9.84. The third-order valence-electron chi connectivity index (χ3n) is 3.01.